The van der Waals surface area contributed by atoms with Crippen LogP contribution in [0.25, 0.3) is 0 Å². The summed E-state index contributed by atoms with van der Waals surface area (Å²) in [5.74, 6) is 0.718. The fourth-order valence-corrected chi connectivity index (χ4v) is 5.60. The van der Waals surface area contributed by atoms with Crippen molar-refractivity contribution in [2.45, 2.75) is 44.8 Å². The highest BCUT2D eigenvalue weighted by atomic mass is 16.5. The molecule has 1 aromatic carbocycles. The minimum atomic E-state index is -0.326. The number of hydrogen-bond acceptors (Lipinski definition) is 9. The lowest BCUT2D eigenvalue weighted by atomic mass is 9.99. The highest BCUT2D eigenvalue weighted by Crippen LogP contribution is 2.39. The lowest BCUT2D eigenvalue weighted by Gasteiger charge is -2.39. The third kappa shape index (κ3) is 6.68. The summed E-state index contributed by atoms with van der Waals surface area (Å²) in [6.45, 7) is 9.02. The number of methoxy groups -OCH3 is 1. The standard InChI is InChI=1S/C30H39N7O4/c1-4-27(38)32-12-11-31-24-8-7-9-25-28(24)37-13-5-6-15-41-19-22-18-23(40-3)10-14-36(22)26-17-21(16-20(2)33-26)29(39)35-30(37)34-25/h4,7-9,16-17,22-23,31H,1,5-6,10-15,18-19H2,2-3H3,(H,32,38)(H,34,35,39). The van der Waals surface area contributed by atoms with E-state index < -0.39 is 0 Å². The molecule has 0 saturated carbocycles. The zero-order valence-corrected chi connectivity index (χ0v) is 23.8. The molecule has 11 heteroatoms. The number of piperidine rings is 1. The number of para-hydroxylation sites is 1. The van der Waals surface area contributed by atoms with E-state index in [1.807, 2.05) is 31.2 Å². The van der Waals surface area contributed by atoms with Crippen LogP contribution in [0.15, 0.2) is 48.0 Å². The molecule has 0 aliphatic carbocycles. The van der Waals surface area contributed by atoms with Crippen LogP contribution in [0.3, 0.4) is 0 Å². The summed E-state index contributed by atoms with van der Waals surface area (Å²) in [6, 6.07) is 9.65. The summed E-state index contributed by atoms with van der Waals surface area (Å²) >= 11 is 0. The van der Waals surface area contributed by atoms with Gasteiger partial charge in [0.1, 0.15) is 5.82 Å². The number of aryl methyl sites for hydroxylation is 1. The first-order chi connectivity index (χ1) is 20.0. The van der Waals surface area contributed by atoms with Gasteiger partial charge < -0.3 is 35.2 Å². The van der Waals surface area contributed by atoms with Crippen LogP contribution in [0, 0.1) is 6.92 Å². The Hall–Kier alpha value is -3.96. The number of rotatable bonds is 6. The Labute approximate surface area is 241 Å². The van der Waals surface area contributed by atoms with E-state index in [2.05, 4.69) is 37.3 Å². The Balaban J connectivity index is 1.43. The molecule has 1 saturated heterocycles. The molecule has 0 spiro atoms. The first kappa shape index (κ1) is 28.6. The van der Waals surface area contributed by atoms with Gasteiger partial charge in [-0.05, 0) is 62.9 Å². The normalized spacial score (nSPS) is 22.1. The van der Waals surface area contributed by atoms with Gasteiger partial charge in [-0.1, -0.05) is 12.6 Å². The Morgan fingerprint density at radius 1 is 1.27 bits per heavy atom. The van der Waals surface area contributed by atoms with Gasteiger partial charge in [-0.25, -0.2) is 4.98 Å². The lowest BCUT2D eigenvalue weighted by molar-refractivity contribution is -0.116. The number of nitrogens with zero attached hydrogens (tertiary/aromatic N) is 4. The smallest absolute Gasteiger partial charge is 0.280 e. The van der Waals surface area contributed by atoms with Crippen LogP contribution in [0.2, 0.25) is 0 Å². The SMILES string of the molecule is C=CC(=O)NCCNc1cccc2c1N1CCCCOCC3CC(OC)CCN3c3cc(cc(C)n3)C(=O)/N=C/1N2. The number of aromatic nitrogens is 1. The average molecular weight is 562 g/mol. The van der Waals surface area contributed by atoms with E-state index in [1.54, 1.807) is 13.2 Å². The van der Waals surface area contributed by atoms with Crippen LogP contribution in [-0.4, -0.2) is 81.4 Å². The van der Waals surface area contributed by atoms with Crippen LogP contribution in [0.1, 0.15) is 41.7 Å². The zero-order chi connectivity index (χ0) is 28.8. The molecule has 2 bridgehead atoms. The monoisotopic (exact) mass is 561 g/mol. The van der Waals surface area contributed by atoms with E-state index >= 15 is 0 Å². The molecule has 11 nitrogen and oxygen atoms in total. The van der Waals surface area contributed by atoms with Crippen molar-refractivity contribution in [1.82, 2.24) is 10.3 Å². The van der Waals surface area contributed by atoms with Gasteiger partial charge in [0.25, 0.3) is 5.91 Å². The van der Waals surface area contributed by atoms with E-state index in [1.165, 1.54) is 6.08 Å². The first-order valence-electron chi connectivity index (χ1n) is 14.3. The van der Waals surface area contributed by atoms with Gasteiger partial charge in [0, 0.05) is 51.2 Å². The van der Waals surface area contributed by atoms with Crippen molar-refractivity contribution >= 4 is 40.7 Å². The number of amides is 2. The predicted octanol–water partition coefficient (Wildman–Crippen LogP) is 3.33. The molecular weight excluding hydrogens is 522 g/mol. The van der Waals surface area contributed by atoms with Gasteiger partial charge >= 0.3 is 0 Å². The molecule has 1 fully saturated rings. The summed E-state index contributed by atoms with van der Waals surface area (Å²) in [4.78, 5) is 38.8. The van der Waals surface area contributed by atoms with E-state index in [4.69, 9.17) is 14.5 Å². The van der Waals surface area contributed by atoms with E-state index in [0.29, 0.717) is 44.4 Å². The number of pyridine rings is 1. The molecule has 5 rings (SSSR count). The lowest BCUT2D eigenvalue weighted by Crippen LogP contribution is -2.48. The van der Waals surface area contributed by atoms with Gasteiger partial charge in [-0.15, -0.1) is 0 Å². The van der Waals surface area contributed by atoms with Gasteiger partial charge in [0.05, 0.1) is 35.8 Å². The van der Waals surface area contributed by atoms with Gasteiger partial charge in [-0.3, -0.25) is 9.59 Å². The molecule has 3 aliphatic rings. The molecule has 3 aliphatic heterocycles. The molecule has 4 heterocycles. The van der Waals surface area contributed by atoms with Crippen molar-refractivity contribution in [3.63, 3.8) is 0 Å². The van der Waals surface area contributed by atoms with Gasteiger partial charge in [0.2, 0.25) is 11.9 Å². The maximum Gasteiger partial charge on any atom is 0.280 e. The van der Waals surface area contributed by atoms with Gasteiger partial charge in [0.15, 0.2) is 0 Å². The summed E-state index contributed by atoms with van der Waals surface area (Å²) in [6.07, 6.45) is 4.88. The third-order valence-corrected chi connectivity index (χ3v) is 7.65. The molecule has 1 aromatic heterocycles. The van der Waals surface area contributed by atoms with Crippen molar-refractivity contribution in [1.29, 1.82) is 0 Å². The summed E-state index contributed by atoms with van der Waals surface area (Å²) < 4.78 is 11.9. The number of ether oxygens (including phenoxy) is 2. The van der Waals surface area contributed by atoms with Crippen LogP contribution >= 0.6 is 0 Å². The Kier molecular flexibility index (Phi) is 9.15. The highest BCUT2D eigenvalue weighted by molar-refractivity contribution is 6.21. The van der Waals surface area contributed by atoms with Crippen LogP contribution in [0.4, 0.5) is 22.9 Å². The minimum Gasteiger partial charge on any atom is -0.382 e. The number of carbonyl (C=O) groups is 2. The van der Waals surface area contributed by atoms with Crippen LogP contribution in [-0.2, 0) is 14.3 Å². The van der Waals surface area contributed by atoms with Crippen molar-refractivity contribution in [3.8, 4) is 0 Å². The van der Waals surface area contributed by atoms with E-state index in [0.717, 1.165) is 60.8 Å². The number of guanidine groups is 1. The second-order valence-electron chi connectivity index (χ2n) is 10.5. The minimum absolute atomic E-state index is 0.115. The molecule has 218 valence electrons. The maximum absolute atomic E-state index is 13.6. The summed E-state index contributed by atoms with van der Waals surface area (Å²) in [7, 11) is 1.76. The Morgan fingerprint density at radius 2 is 2.15 bits per heavy atom. The predicted molar refractivity (Wildman–Crippen MR) is 161 cm³/mol. The molecule has 2 amide bonds. The molecule has 2 unspecified atom stereocenters. The fraction of sp³-hybridized carbons (Fsp3) is 0.467. The Bertz CT molecular complexity index is 1310. The maximum atomic E-state index is 13.6. The van der Waals surface area contributed by atoms with E-state index in [-0.39, 0.29) is 24.0 Å². The number of fused-ring (bicyclic) bond motifs is 7. The number of benzene rings is 1. The molecular formula is C30H39N7O4. The Morgan fingerprint density at radius 3 is 2.98 bits per heavy atom. The third-order valence-electron chi connectivity index (χ3n) is 7.65. The average Bonchev–Trinajstić information content (AvgIpc) is 3.33. The largest absolute Gasteiger partial charge is 0.382 e. The van der Waals surface area contributed by atoms with E-state index in [9.17, 15) is 9.59 Å². The van der Waals surface area contributed by atoms with Crippen molar-refractivity contribution in [3.05, 3.63) is 54.2 Å². The number of carbonyl (C=O) groups excluding carboxylic acids is 2. The number of hydrogen-bond donors (Lipinski definition) is 3. The van der Waals surface area contributed by atoms with Crippen molar-refractivity contribution < 1.29 is 19.1 Å². The molecule has 2 aromatic rings. The summed E-state index contributed by atoms with van der Waals surface area (Å²) in [5.41, 5.74) is 3.94. The fourth-order valence-electron chi connectivity index (χ4n) is 5.60. The van der Waals surface area contributed by atoms with Crippen molar-refractivity contribution in [2.24, 2.45) is 4.99 Å². The second-order valence-corrected chi connectivity index (χ2v) is 10.5. The number of nitrogens with one attached hydrogen (secondary N) is 3. The molecule has 41 heavy (non-hydrogen) atoms. The van der Waals surface area contributed by atoms with Crippen LogP contribution in [0.5, 0.6) is 0 Å². The second kappa shape index (κ2) is 13.1. The highest BCUT2D eigenvalue weighted by Gasteiger charge is 2.32. The molecule has 0 radical (unpaired) electrons. The summed E-state index contributed by atoms with van der Waals surface area (Å²) in [5, 5.41) is 9.55. The molecule has 3 N–H and O–H groups in total. The van der Waals surface area contributed by atoms with Crippen molar-refractivity contribution in [2.75, 3.05) is 66.9 Å². The first-order valence-corrected chi connectivity index (χ1v) is 14.3. The quantitative estimate of drug-likeness (QED) is 0.360. The molecule has 2 atom stereocenters. The van der Waals surface area contributed by atoms with Gasteiger partial charge in [-0.2, -0.15) is 4.99 Å². The zero-order valence-electron chi connectivity index (χ0n) is 23.8. The number of anilines is 4. The van der Waals surface area contributed by atoms with Crippen LogP contribution < -0.4 is 25.8 Å². The number of aliphatic imine (C=N–C) groups is 1. The topological polar surface area (TPSA) is 120 Å².